The maximum absolute atomic E-state index is 14.5. The van der Waals surface area contributed by atoms with Gasteiger partial charge in [0.2, 0.25) is 5.91 Å². The minimum absolute atomic E-state index is 0.0731. The molecular weight excluding hydrogens is 533 g/mol. The fraction of sp³-hybridized carbons (Fsp3) is 0.375. The molecular formula is C32H33F3N2O4. The number of piperidine rings is 2. The molecule has 2 heterocycles. The summed E-state index contributed by atoms with van der Waals surface area (Å²) in [6, 6.07) is 24.5. The molecule has 41 heavy (non-hydrogen) atoms. The van der Waals surface area contributed by atoms with Crippen molar-refractivity contribution in [3.63, 3.8) is 0 Å². The smallest absolute Gasteiger partial charge is 0.430 e. The first-order valence-electron chi connectivity index (χ1n) is 13.7. The second-order valence-electron chi connectivity index (χ2n) is 10.7. The van der Waals surface area contributed by atoms with Crippen LogP contribution in [-0.2, 0) is 26.5 Å². The van der Waals surface area contributed by atoms with Gasteiger partial charge in [0.1, 0.15) is 12.4 Å². The number of hydrogen-bond donors (Lipinski definition) is 1. The van der Waals surface area contributed by atoms with Crippen LogP contribution < -0.4 is 10.1 Å². The van der Waals surface area contributed by atoms with Crippen molar-refractivity contribution in [3.05, 3.63) is 102 Å². The minimum Gasteiger partial charge on any atom is -0.489 e. The molecule has 6 nitrogen and oxygen atoms in total. The van der Waals surface area contributed by atoms with Crippen molar-refractivity contribution in [1.82, 2.24) is 10.2 Å². The summed E-state index contributed by atoms with van der Waals surface area (Å²) in [5.74, 6) is -0.672. The quantitative estimate of drug-likeness (QED) is 0.406. The van der Waals surface area contributed by atoms with E-state index in [0.717, 1.165) is 18.2 Å². The van der Waals surface area contributed by atoms with Gasteiger partial charge < -0.3 is 19.7 Å². The van der Waals surface area contributed by atoms with E-state index in [9.17, 15) is 22.8 Å². The Morgan fingerprint density at radius 3 is 2.20 bits per heavy atom. The average molecular weight is 567 g/mol. The fourth-order valence-electron chi connectivity index (χ4n) is 6.32. The second-order valence-corrected chi connectivity index (χ2v) is 10.7. The van der Waals surface area contributed by atoms with Gasteiger partial charge in [-0.05, 0) is 35.4 Å². The topological polar surface area (TPSA) is 67.9 Å². The summed E-state index contributed by atoms with van der Waals surface area (Å²) in [7, 11) is 0.914. The van der Waals surface area contributed by atoms with Crippen molar-refractivity contribution in [2.24, 2.45) is 5.41 Å². The van der Waals surface area contributed by atoms with Crippen LogP contribution in [0.3, 0.4) is 0 Å². The van der Waals surface area contributed by atoms with Crippen molar-refractivity contribution >= 4 is 11.8 Å². The SMILES string of the molecule is CO[C@@](C(=O)N1CCC2(CC1)CC(=O)NC[C@H]2c1ccccc1OCc1ccccc1)(c1ccccc1)C(F)(F)F. The first-order chi connectivity index (χ1) is 19.7. The number of nitrogens with one attached hydrogen (secondary N) is 1. The number of benzene rings is 3. The molecule has 216 valence electrons. The van der Waals surface area contributed by atoms with Crippen LogP contribution in [0.4, 0.5) is 13.2 Å². The molecule has 3 aromatic rings. The number of nitrogens with zero attached hydrogens (tertiary/aromatic N) is 1. The van der Waals surface area contributed by atoms with E-state index in [4.69, 9.17) is 9.47 Å². The van der Waals surface area contributed by atoms with Gasteiger partial charge in [-0.3, -0.25) is 9.59 Å². The summed E-state index contributed by atoms with van der Waals surface area (Å²) in [6.07, 6.45) is -4.01. The molecule has 2 fully saturated rings. The summed E-state index contributed by atoms with van der Waals surface area (Å²) in [6.45, 7) is 0.905. The number of halogens is 3. The van der Waals surface area contributed by atoms with Gasteiger partial charge in [0.15, 0.2) is 0 Å². The molecule has 9 heteroatoms. The average Bonchev–Trinajstić information content (AvgIpc) is 2.98. The van der Waals surface area contributed by atoms with Crippen molar-refractivity contribution < 1.29 is 32.2 Å². The molecule has 1 spiro atoms. The highest BCUT2D eigenvalue weighted by atomic mass is 19.4. The van der Waals surface area contributed by atoms with Gasteiger partial charge in [0.05, 0.1) is 0 Å². The standard InChI is InChI=1S/C32H33F3N2O4/c1-40-31(32(33,34)35,24-12-6-3-7-13-24)29(39)37-18-16-30(17-19-37)20-28(38)36-21-26(30)25-14-8-9-15-27(25)41-22-23-10-4-2-5-11-23/h2-15,26H,16-22H2,1H3,(H,36,38)/t26-,31+/m0/s1. The maximum atomic E-state index is 14.5. The molecule has 2 saturated heterocycles. The number of hydrogen-bond acceptors (Lipinski definition) is 4. The third-order valence-corrected chi connectivity index (χ3v) is 8.52. The molecule has 2 atom stereocenters. The van der Waals surface area contributed by atoms with E-state index in [1.165, 1.54) is 29.2 Å². The molecule has 1 N–H and O–H groups in total. The zero-order chi connectivity index (χ0) is 29.1. The first kappa shape index (κ1) is 28.7. The zero-order valence-electron chi connectivity index (χ0n) is 22.8. The van der Waals surface area contributed by atoms with Gasteiger partial charge in [-0.2, -0.15) is 13.2 Å². The number of amides is 2. The normalized spacial score (nSPS) is 20.2. The summed E-state index contributed by atoms with van der Waals surface area (Å²) in [4.78, 5) is 27.5. The first-order valence-corrected chi connectivity index (χ1v) is 13.7. The van der Waals surface area contributed by atoms with Gasteiger partial charge in [-0.25, -0.2) is 0 Å². The number of carbonyl (C=O) groups excluding carboxylic acids is 2. The lowest BCUT2D eigenvalue weighted by Gasteiger charge is -2.50. The number of likely N-dealkylation sites (tertiary alicyclic amines) is 1. The van der Waals surface area contributed by atoms with Gasteiger partial charge in [-0.1, -0.05) is 78.9 Å². The van der Waals surface area contributed by atoms with E-state index in [1.54, 1.807) is 6.07 Å². The van der Waals surface area contributed by atoms with Crippen LogP contribution in [-0.4, -0.2) is 49.6 Å². The molecule has 3 aromatic carbocycles. The highest BCUT2D eigenvalue weighted by Gasteiger charge is 2.64. The molecule has 2 amide bonds. The number of carbonyl (C=O) groups is 2. The molecule has 2 aliphatic rings. The Morgan fingerprint density at radius 2 is 1.56 bits per heavy atom. The van der Waals surface area contributed by atoms with Gasteiger partial charge >= 0.3 is 6.18 Å². The van der Waals surface area contributed by atoms with E-state index < -0.39 is 23.1 Å². The zero-order valence-corrected chi connectivity index (χ0v) is 22.8. The molecule has 2 aliphatic heterocycles. The van der Waals surface area contributed by atoms with Gasteiger partial charge in [0.25, 0.3) is 11.5 Å². The van der Waals surface area contributed by atoms with E-state index in [-0.39, 0.29) is 36.9 Å². The summed E-state index contributed by atoms with van der Waals surface area (Å²) in [5, 5.41) is 2.97. The fourth-order valence-corrected chi connectivity index (χ4v) is 6.32. The molecule has 0 unspecified atom stereocenters. The Morgan fingerprint density at radius 1 is 0.951 bits per heavy atom. The lowest BCUT2D eigenvalue weighted by Crippen LogP contribution is -2.60. The Balaban J connectivity index is 1.40. The van der Waals surface area contributed by atoms with Crippen LogP contribution >= 0.6 is 0 Å². The van der Waals surface area contributed by atoms with Crippen molar-refractivity contribution in [2.45, 2.75) is 43.6 Å². The van der Waals surface area contributed by atoms with Crippen LogP contribution in [0.1, 0.15) is 41.9 Å². The van der Waals surface area contributed by atoms with Crippen LogP contribution in [0, 0.1) is 5.41 Å². The molecule has 5 rings (SSSR count). The molecule has 0 radical (unpaired) electrons. The monoisotopic (exact) mass is 566 g/mol. The molecule has 0 aromatic heterocycles. The van der Waals surface area contributed by atoms with E-state index in [2.05, 4.69) is 5.32 Å². The van der Waals surface area contributed by atoms with Crippen molar-refractivity contribution in [2.75, 3.05) is 26.7 Å². The number of ether oxygens (including phenoxy) is 2. The molecule has 0 saturated carbocycles. The summed E-state index contributed by atoms with van der Waals surface area (Å²) >= 11 is 0. The van der Waals surface area contributed by atoms with E-state index in [0.29, 0.717) is 31.7 Å². The Bertz CT molecular complexity index is 1360. The lowest BCUT2D eigenvalue weighted by molar-refractivity contribution is -0.271. The van der Waals surface area contributed by atoms with E-state index >= 15 is 0 Å². The van der Waals surface area contributed by atoms with Crippen molar-refractivity contribution in [1.29, 1.82) is 0 Å². The third-order valence-electron chi connectivity index (χ3n) is 8.52. The Kier molecular flexibility index (Phi) is 8.09. The van der Waals surface area contributed by atoms with Crippen LogP contribution in [0.5, 0.6) is 5.75 Å². The van der Waals surface area contributed by atoms with Crippen LogP contribution in [0.15, 0.2) is 84.9 Å². The number of alkyl halides is 3. The highest BCUT2D eigenvalue weighted by molar-refractivity contribution is 5.88. The minimum atomic E-state index is -4.97. The number of methoxy groups -OCH3 is 1. The predicted molar refractivity (Wildman–Crippen MR) is 147 cm³/mol. The van der Waals surface area contributed by atoms with Crippen LogP contribution in [0.25, 0.3) is 0 Å². The number of para-hydroxylation sites is 1. The molecule has 0 bridgehead atoms. The summed E-state index contributed by atoms with van der Waals surface area (Å²) < 4.78 is 54.9. The van der Waals surface area contributed by atoms with Gasteiger partial charge in [0, 0.05) is 44.6 Å². The maximum Gasteiger partial charge on any atom is 0.430 e. The highest BCUT2D eigenvalue weighted by Crippen LogP contribution is 2.52. The summed E-state index contributed by atoms with van der Waals surface area (Å²) in [5.41, 5.74) is -1.95. The third kappa shape index (κ3) is 5.43. The lowest BCUT2D eigenvalue weighted by atomic mass is 9.62. The predicted octanol–water partition coefficient (Wildman–Crippen LogP) is 5.58. The Labute approximate surface area is 237 Å². The number of rotatable bonds is 7. The van der Waals surface area contributed by atoms with E-state index in [1.807, 2.05) is 54.6 Å². The van der Waals surface area contributed by atoms with Crippen LogP contribution in [0.2, 0.25) is 0 Å². The van der Waals surface area contributed by atoms with Gasteiger partial charge in [-0.15, -0.1) is 0 Å². The molecule has 0 aliphatic carbocycles. The van der Waals surface area contributed by atoms with Crippen molar-refractivity contribution in [3.8, 4) is 5.75 Å². The second kappa shape index (κ2) is 11.6. The largest absolute Gasteiger partial charge is 0.489 e. The Hall–Kier alpha value is -3.85.